The fraction of sp³-hybridized carbons (Fsp3) is 0.571. The summed E-state index contributed by atoms with van der Waals surface area (Å²) in [5, 5.41) is 40.7. The van der Waals surface area contributed by atoms with E-state index in [4.69, 9.17) is 0 Å². The normalized spacial score (nSPS) is 24.4. The SMILES string of the molecule is CC1(C)Sc2c(c(C(c3c4c(c(C(=O)O)c5c3SC(C)(C)S5)SC(C)(C)S4)c3c4c(c(C(=O)NC5CC(C)(C)N([O])C(C)(C)C5)c5c3SC(C)(C)S5)SC(C)(C)S4)c3c(c2C(=O)O)SC(C)(C)S3)S1. The van der Waals surface area contributed by atoms with Crippen molar-refractivity contribution in [3.05, 3.63) is 33.4 Å². The number of carbonyl (C=O) groups excluding carboxylic acids is 1. The van der Waals surface area contributed by atoms with Crippen molar-refractivity contribution >= 4 is 159 Å². The van der Waals surface area contributed by atoms with Gasteiger partial charge in [0, 0.05) is 81.8 Å². The van der Waals surface area contributed by atoms with E-state index in [9.17, 15) is 25.0 Å². The second-order valence-electron chi connectivity index (χ2n) is 22.5. The lowest BCUT2D eigenvalue weighted by Gasteiger charge is -2.50. The fourth-order valence-corrected chi connectivity index (χ4v) is 28.6. The molecule has 3 aromatic rings. The van der Waals surface area contributed by atoms with Crippen LogP contribution in [0.5, 0.6) is 0 Å². The number of fused-ring (bicyclic) bond motifs is 6. The van der Waals surface area contributed by atoms with E-state index in [-0.39, 0.29) is 36.4 Å². The van der Waals surface area contributed by atoms with E-state index in [2.05, 4.69) is 88.4 Å². The summed E-state index contributed by atoms with van der Waals surface area (Å²) >= 11 is 20.6. The number of thioether (sulfide) groups is 12. The molecule has 0 atom stereocenters. The van der Waals surface area contributed by atoms with Gasteiger partial charge in [0.05, 0.1) is 41.2 Å². The number of nitrogens with one attached hydrogen (secondary N) is 1. The second kappa shape index (κ2) is 16.8. The molecule has 0 spiro atoms. The number of hydroxylamine groups is 2. The second-order valence-corrected chi connectivity index (χ2v) is 43.6. The molecule has 0 saturated carbocycles. The van der Waals surface area contributed by atoms with Crippen molar-refractivity contribution in [2.24, 2.45) is 0 Å². The Morgan fingerprint density at radius 2 is 0.638 bits per heavy atom. The average molecular weight is 1150 g/mol. The number of hydrogen-bond acceptors (Lipinski definition) is 16. The number of carboxylic acid groups (broad SMARTS) is 2. The van der Waals surface area contributed by atoms with E-state index < -0.39 is 28.9 Å². The summed E-state index contributed by atoms with van der Waals surface area (Å²) in [6.45, 7) is 34.2. The molecule has 3 N–H and O–H groups in total. The molecule has 3 aromatic carbocycles. The van der Waals surface area contributed by atoms with Gasteiger partial charge in [-0.05, 0) is 140 Å². The van der Waals surface area contributed by atoms with Gasteiger partial charge in [0.2, 0.25) is 0 Å². The molecule has 20 heteroatoms. The Kier molecular flexibility index (Phi) is 12.8. The number of aromatic carboxylic acids is 2. The summed E-state index contributed by atoms with van der Waals surface area (Å²) < 4.78 is -2.23. The fourth-order valence-electron chi connectivity index (χ4n) is 10.7. The monoisotopic (exact) mass is 1150 g/mol. The van der Waals surface area contributed by atoms with Gasteiger partial charge in [-0.1, -0.05) is 0 Å². The first kappa shape index (κ1) is 52.6. The van der Waals surface area contributed by atoms with Crippen LogP contribution in [0.15, 0.2) is 58.7 Å². The summed E-state index contributed by atoms with van der Waals surface area (Å²) in [5.41, 5.74) is 3.41. The molecule has 0 aromatic heterocycles. The zero-order valence-corrected chi connectivity index (χ0v) is 51.2. The van der Waals surface area contributed by atoms with Crippen molar-refractivity contribution in [1.82, 2.24) is 10.4 Å². The molecule has 0 unspecified atom stereocenters. The van der Waals surface area contributed by atoms with Gasteiger partial charge in [-0.25, -0.2) is 9.59 Å². The molecule has 7 aliphatic rings. The topological polar surface area (TPSA) is 127 Å². The third-order valence-electron chi connectivity index (χ3n) is 12.7. The molecule has 1 fully saturated rings. The van der Waals surface area contributed by atoms with E-state index in [1.54, 1.807) is 141 Å². The van der Waals surface area contributed by atoms with Crippen LogP contribution in [0.1, 0.15) is 177 Å². The van der Waals surface area contributed by atoms with E-state index in [1.807, 2.05) is 27.7 Å². The Balaban J connectivity index is 1.35. The Morgan fingerprint density at radius 3 is 0.870 bits per heavy atom. The Morgan fingerprint density at radius 1 is 0.420 bits per heavy atom. The Labute approximate surface area is 457 Å². The van der Waals surface area contributed by atoms with Crippen LogP contribution in [0.4, 0.5) is 0 Å². The zero-order chi connectivity index (χ0) is 50.5. The maximum Gasteiger partial charge on any atom is 0.338 e. The average Bonchev–Trinajstić information content (AvgIpc) is 3.97. The zero-order valence-electron chi connectivity index (χ0n) is 41.4. The van der Waals surface area contributed by atoms with Gasteiger partial charge in [-0.15, -0.1) is 151 Å². The van der Waals surface area contributed by atoms with Crippen LogP contribution < -0.4 is 5.32 Å². The molecule has 1 saturated heterocycles. The standard InChI is InChI=1S/C49H57N2O6S12/c1-42(2)17-19(18-43(3,4)51(42)57)50-39(52)24-33-27(58-44(5,6)64-33)21(28-34(24)65-45(7,8)59-28)20(22-29-35(66-46(9,10)60-29)25(40(53)54)36-30(22)61-47(11,12)67-36)23-31-37(68-48(13,14)62-31)26(41(55)56)38-32(23)63-49(15,16)69-38/h19-20H,17-18H2,1-16H3,(H,50,52)(H,53,54)(H,55,56). The third kappa shape index (κ3) is 9.00. The van der Waals surface area contributed by atoms with Gasteiger partial charge in [0.15, 0.2) is 0 Å². The molecule has 10 rings (SSSR count). The molecule has 7 aliphatic heterocycles. The first-order valence-corrected chi connectivity index (χ1v) is 32.6. The highest BCUT2D eigenvalue weighted by atomic mass is 32.2. The first-order chi connectivity index (χ1) is 31.5. The lowest BCUT2D eigenvalue weighted by Crippen LogP contribution is -2.62. The van der Waals surface area contributed by atoms with E-state index in [0.29, 0.717) is 29.5 Å². The minimum atomic E-state index is -0.926. The van der Waals surface area contributed by atoms with Gasteiger partial charge in [0.1, 0.15) is 0 Å². The summed E-state index contributed by atoms with van der Waals surface area (Å²) in [5.74, 6) is -2.45. The van der Waals surface area contributed by atoms with Gasteiger partial charge in [0.25, 0.3) is 5.91 Å². The maximum atomic E-state index is 15.5. The van der Waals surface area contributed by atoms with Crippen molar-refractivity contribution in [3.8, 4) is 0 Å². The molecule has 0 bridgehead atoms. The number of nitrogens with zero attached hydrogens (tertiary/aromatic N) is 1. The highest BCUT2D eigenvalue weighted by Crippen LogP contribution is 2.75. The smallest absolute Gasteiger partial charge is 0.338 e. The van der Waals surface area contributed by atoms with Gasteiger partial charge in [-0.2, -0.15) is 0 Å². The summed E-state index contributed by atoms with van der Waals surface area (Å²) in [7, 11) is 0. The van der Waals surface area contributed by atoms with Gasteiger partial charge < -0.3 is 15.5 Å². The lowest BCUT2D eigenvalue weighted by atomic mass is 9.79. The van der Waals surface area contributed by atoms with Crippen LogP contribution >= 0.6 is 141 Å². The van der Waals surface area contributed by atoms with Crippen molar-refractivity contribution in [2.75, 3.05) is 0 Å². The quantitative estimate of drug-likeness (QED) is 0.194. The largest absolute Gasteiger partial charge is 0.478 e. The highest BCUT2D eigenvalue weighted by molar-refractivity contribution is 8.23. The molecule has 8 nitrogen and oxygen atoms in total. The molecule has 0 aliphatic carbocycles. The third-order valence-corrected chi connectivity index (χ3v) is 29.8. The van der Waals surface area contributed by atoms with Gasteiger partial charge in [-0.3, -0.25) is 4.79 Å². The van der Waals surface area contributed by atoms with Crippen molar-refractivity contribution < 1.29 is 29.8 Å². The number of carbonyl (C=O) groups is 3. The number of amides is 1. The van der Waals surface area contributed by atoms with Crippen molar-refractivity contribution in [3.63, 3.8) is 0 Å². The summed E-state index contributed by atoms with van der Waals surface area (Å²) in [6, 6.07) is -0.215. The van der Waals surface area contributed by atoms with E-state index in [0.717, 1.165) is 75.4 Å². The maximum absolute atomic E-state index is 15.5. The van der Waals surface area contributed by atoms with Crippen LogP contribution in [0.2, 0.25) is 0 Å². The molecule has 371 valence electrons. The van der Waals surface area contributed by atoms with Crippen molar-refractivity contribution in [2.45, 2.75) is 230 Å². The number of carboxylic acids is 2. The first-order valence-electron chi connectivity index (χ1n) is 22.8. The van der Waals surface area contributed by atoms with Crippen LogP contribution in [0.3, 0.4) is 0 Å². The predicted molar refractivity (Wildman–Crippen MR) is 300 cm³/mol. The van der Waals surface area contributed by atoms with Crippen LogP contribution in [-0.4, -0.2) is 74.7 Å². The molecular formula is C49H57N2O6S12. The van der Waals surface area contributed by atoms with Crippen molar-refractivity contribution in [1.29, 1.82) is 0 Å². The van der Waals surface area contributed by atoms with Crippen LogP contribution in [0, 0.1) is 0 Å². The molecular weight excluding hydrogens is 1100 g/mol. The molecule has 1 amide bonds. The van der Waals surface area contributed by atoms with E-state index in [1.165, 1.54) is 5.06 Å². The summed E-state index contributed by atoms with van der Waals surface area (Å²) in [6.07, 6.45) is 1.05. The van der Waals surface area contributed by atoms with Gasteiger partial charge >= 0.3 is 11.9 Å². The Bertz CT molecular complexity index is 2600. The number of benzene rings is 3. The van der Waals surface area contributed by atoms with Crippen LogP contribution in [0.25, 0.3) is 0 Å². The number of rotatable bonds is 7. The number of piperidine rings is 1. The van der Waals surface area contributed by atoms with Crippen LogP contribution in [-0.2, 0) is 5.21 Å². The highest BCUT2D eigenvalue weighted by Gasteiger charge is 2.54. The molecule has 7 heterocycles. The Hall–Kier alpha value is 0.190. The van der Waals surface area contributed by atoms with E-state index >= 15 is 4.79 Å². The molecule has 69 heavy (non-hydrogen) atoms. The number of hydrogen-bond donors (Lipinski definition) is 3. The predicted octanol–water partition coefficient (Wildman–Crippen LogP) is 17.0. The summed E-state index contributed by atoms with van der Waals surface area (Å²) in [4.78, 5) is 54.1. The molecule has 1 radical (unpaired) electrons. The minimum Gasteiger partial charge on any atom is -0.478 e. The minimum absolute atomic E-state index is 0.122. The lowest BCUT2D eigenvalue weighted by molar-refractivity contribution is -0.289.